The van der Waals surface area contributed by atoms with Crippen LogP contribution in [0.2, 0.25) is 0 Å². The van der Waals surface area contributed by atoms with Gasteiger partial charge in [0.25, 0.3) is 0 Å². The molecule has 0 aliphatic carbocycles. The molecule has 156 valence electrons. The Morgan fingerprint density at radius 3 is 2.83 bits per heavy atom. The zero-order valence-corrected chi connectivity index (χ0v) is 17.7. The molecule has 4 rings (SSSR count). The summed E-state index contributed by atoms with van der Waals surface area (Å²) in [6.07, 6.45) is 1.69. The lowest BCUT2D eigenvalue weighted by molar-refractivity contribution is -0.120. The van der Waals surface area contributed by atoms with Gasteiger partial charge in [-0.1, -0.05) is 23.5 Å². The third-order valence-electron chi connectivity index (χ3n) is 5.24. The molecule has 2 heterocycles. The number of nitrogens with zero attached hydrogens (tertiary/aromatic N) is 2. The molecule has 1 aliphatic rings. The number of para-hydroxylation sites is 1. The molecule has 1 saturated heterocycles. The molecule has 1 aliphatic heterocycles. The number of nitrogens with one attached hydrogen (secondary N) is 1. The molecule has 0 bridgehead atoms. The highest BCUT2D eigenvalue weighted by atomic mass is 32.1. The first-order valence-electron chi connectivity index (χ1n) is 9.77. The molecule has 1 N–H and O–H groups in total. The largest absolute Gasteiger partial charge is 0.497 e. The standard InChI is InChI=1S/C22H23N3O4S/c1-28-15-9-10-18-19(12-15)30-22(24-18)25-11-5-6-14(13-25)20(26)23-17-8-4-3-7-16(17)21(27)29-2/h3-4,7-10,12,14H,5-6,11,13H2,1-2H3,(H,23,26). The van der Waals surface area contributed by atoms with Gasteiger partial charge in [0.05, 0.1) is 41.6 Å². The molecule has 8 heteroatoms. The van der Waals surface area contributed by atoms with Gasteiger partial charge >= 0.3 is 5.97 Å². The Bertz CT molecular complexity index is 1080. The number of carbonyl (C=O) groups excluding carboxylic acids is 2. The number of amides is 1. The molecule has 1 aromatic heterocycles. The van der Waals surface area contributed by atoms with Crippen LogP contribution >= 0.6 is 11.3 Å². The third-order valence-corrected chi connectivity index (χ3v) is 6.32. The van der Waals surface area contributed by atoms with Crippen molar-refractivity contribution in [2.75, 3.05) is 37.5 Å². The fraction of sp³-hybridized carbons (Fsp3) is 0.318. The van der Waals surface area contributed by atoms with Crippen LogP contribution in [0.3, 0.4) is 0 Å². The summed E-state index contributed by atoms with van der Waals surface area (Å²) in [7, 11) is 2.98. The molecule has 1 fully saturated rings. The Hall–Kier alpha value is -3.13. The van der Waals surface area contributed by atoms with Crippen molar-refractivity contribution in [1.82, 2.24) is 4.98 Å². The van der Waals surface area contributed by atoms with Crippen molar-refractivity contribution in [2.24, 2.45) is 5.92 Å². The summed E-state index contributed by atoms with van der Waals surface area (Å²) in [5.74, 6) is 0.0452. The number of ether oxygens (including phenoxy) is 2. The normalized spacial score (nSPS) is 16.3. The summed E-state index contributed by atoms with van der Waals surface area (Å²) in [6, 6.07) is 12.7. The average molecular weight is 426 g/mol. The lowest BCUT2D eigenvalue weighted by Crippen LogP contribution is -2.40. The molecular weight excluding hydrogens is 402 g/mol. The zero-order valence-electron chi connectivity index (χ0n) is 16.9. The van der Waals surface area contributed by atoms with E-state index in [4.69, 9.17) is 14.5 Å². The van der Waals surface area contributed by atoms with Crippen molar-refractivity contribution in [3.8, 4) is 5.75 Å². The van der Waals surface area contributed by atoms with Crippen LogP contribution < -0.4 is 15.0 Å². The van der Waals surface area contributed by atoms with Gasteiger partial charge in [-0.05, 0) is 43.2 Å². The summed E-state index contributed by atoms with van der Waals surface area (Å²) in [5, 5.41) is 3.82. The molecule has 0 spiro atoms. The number of carbonyl (C=O) groups is 2. The molecule has 0 saturated carbocycles. The van der Waals surface area contributed by atoms with Gasteiger partial charge in [0.1, 0.15) is 5.75 Å². The highest BCUT2D eigenvalue weighted by Crippen LogP contribution is 2.33. The number of esters is 1. The van der Waals surface area contributed by atoms with Crippen molar-refractivity contribution in [3.05, 3.63) is 48.0 Å². The number of thiazole rings is 1. The van der Waals surface area contributed by atoms with Crippen molar-refractivity contribution < 1.29 is 19.1 Å². The van der Waals surface area contributed by atoms with Gasteiger partial charge in [-0.3, -0.25) is 4.79 Å². The first-order chi connectivity index (χ1) is 14.6. The molecule has 1 atom stereocenters. The zero-order chi connectivity index (χ0) is 21.1. The number of piperidine rings is 1. The lowest BCUT2D eigenvalue weighted by atomic mass is 9.97. The van der Waals surface area contributed by atoms with Gasteiger partial charge < -0.3 is 19.7 Å². The summed E-state index contributed by atoms with van der Waals surface area (Å²) >= 11 is 1.60. The van der Waals surface area contributed by atoms with Crippen LogP contribution in [0.15, 0.2) is 42.5 Å². The number of benzene rings is 2. The predicted molar refractivity (Wildman–Crippen MR) is 118 cm³/mol. The van der Waals surface area contributed by atoms with Crippen LogP contribution in [0, 0.1) is 5.92 Å². The topological polar surface area (TPSA) is 80.8 Å². The van der Waals surface area contributed by atoms with Gasteiger partial charge in [0.15, 0.2) is 5.13 Å². The number of hydrogen-bond donors (Lipinski definition) is 1. The fourth-order valence-electron chi connectivity index (χ4n) is 3.63. The fourth-order valence-corrected chi connectivity index (χ4v) is 4.66. The predicted octanol–water partition coefficient (Wildman–Crippen LogP) is 3.95. The molecule has 3 aromatic rings. The number of methoxy groups -OCH3 is 2. The average Bonchev–Trinajstić information content (AvgIpc) is 3.22. The Kier molecular flexibility index (Phi) is 5.85. The second-order valence-corrected chi connectivity index (χ2v) is 8.15. The van der Waals surface area contributed by atoms with Crippen LogP contribution in [0.5, 0.6) is 5.75 Å². The van der Waals surface area contributed by atoms with Crippen molar-refractivity contribution in [2.45, 2.75) is 12.8 Å². The van der Waals surface area contributed by atoms with Gasteiger partial charge in [-0.25, -0.2) is 9.78 Å². The summed E-state index contributed by atoms with van der Waals surface area (Å²) in [6.45, 7) is 1.45. The molecule has 1 amide bonds. The number of hydrogen-bond acceptors (Lipinski definition) is 7. The van der Waals surface area contributed by atoms with Gasteiger partial charge in [-0.15, -0.1) is 0 Å². The van der Waals surface area contributed by atoms with Crippen LogP contribution in [-0.2, 0) is 9.53 Å². The molecule has 2 aromatic carbocycles. The number of aromatic nitrogens is 1. The van der Waals surface area contributed by atoms with Crippen molar-refractivity contribution >= 4 is 44.2 Å². The van der Waals surface area contributed by atoms with Crippen molar-refractivity contribution in [3.63, 3.8) is 0 Å². The van der Waals surface area contributed by atoms with E-state index >= 15 is 0 Å². The Morgan fingerprint density at radius 1 is 1.20 bits per heavy atom. The number of rotatable bonds is 5. The van der Waals surface area contributed by atoms with Crippen LogP contribution in [0.25, 0.3) is 10.2 Å². The van der Waals surface area contributed by atoms with E-state index in [-0.39, 0.29) is 11.8 Å². The van der Waals surface area contributed by atoms with Crippen LogP contribution in [-0.4, -0.2) is 44.2 Å². The summed E-state index contributed by atoms with van der Waals surface area (Å²) < 4.78 is 11.2. The molecule has 1 unspecified atom stereocenters. The second kappa shape index (κ2) is 8.71. The highest BCUT2D eigenvalue weighted by Gasteiger charge is 2.28. The van der Waals surface area contributed by atoms with E-state index in [0.29, 0.717) is 17.8 Å². The molecule has 0 radical (unpaired) electrons. The quantitative estimate of drug-likeness (QED) is 0.624. The van der Waals surface area contributed by atoms with Gasteiger partial charge in [0.2, 0.25) is 5.91 Å². The van der Waals surface area contributed by atoms with E-state index < -0.39 is 5.97 Å². The van der Waals surface area contributed by atoms with E-state index in [0.717, 1.165) is 40.5 Å². The first kappa shape index (κ1) is 20.2. The minimum atomic E-state index is -0.471. The highest BCUT2D eigenvalue weighted by molar-refractivity contribution is 7.22. The smallest absolute Gasteiger partial charge is 0.339 e. The minimum absolute atomic E-state index is 0.0983. The van der Waals surface area contributed by atoms with E-state index in [1.165, 1.54) is 7.11 Å². The monoisotopic (exact) mass is 425 g/mol. The van der Waals surface area contributed by atoms with E-state index in [9.17, 15) is 9.59 Å². The molecule has 30 heavy (non-hydrogen) atoms. The maximum absolute atomic E-state index is 12.9. The number of anilines is 2. The second-order valence-electron chi connectivity index (χ2n) is 7.14. The van der Waals surface area contributed by atoms with Crippen molar-refractivity contribution in [1.29, 1.82) is 0 Å². The first-order valence-corrected chi connectivity index (χ1v) is 10.6. The Morgan fingerprint density at radius 2 is 2.03 bits per heavy atom. The van der Waals surface area contributed by atoms with Gasteiger partial charge in [-0.2, -0.15) is 0 Å². The van der Waals surface area contributed by atoms with E-state index in [2.05, 4.69) is 10.2 Å². The van der Waals surface area contributed by atoms with Gasteiger partial charge in [0, 0.05) is 13.1 Å². The van der Waals surface area contributed by atoms with E-state index in [1.54, 1.807) is 42.7 Å². The minimum Gasteiger partial charge on any atom is -0.497 e. The number of fused-ring (bicyclic) bond motifs is 1. The SMILES string of the molecule is COC(=O)c1ccccc1NC(=O)C1CCCN(c2nc3ccc(OC)cc3s2)C1. The summed E-state index contributed by atoms with van der Waals surface area (Å²) in [4.78, 5) is 31.8. The van der Waals surface area contributed by atoms with Crippen LogP contribution in [0.4, 0.5) is 10.8 Å². The molecule has 7 nitrogen and oxygen atoms in total. The lowest BCUT2D eigenvalue weighted by Gasteiger charge is -2.31. The Labute approximate surface area is 178 Å². The summed E-state index contributed by atoms with van der Waals surface area (Å²) in [5.41, 5.74) is 1.74. The molecular formula is C22H23N3O4S. The van der Waals surface area contributed by atoms with Crippen LogP contribution in [0.1, 0.15) is 23.2 Å². The Balaban J connectivity index is 1.49. The third kappa shape index (κ3) is 4.09. The maximum Gasteiger partial charge on any atom is 0.339 e. The maximum atomic E-state index is 12.9. The van der Waals surface area contributed by atoms with E-state index in [1.807, 2.05) is 18.2 Å².